The third-order valence-electron chi connectivity index (χ3n) is 5.26. The standard InChI is InChI=1S/C21H25N5O4S2/c1-21(2,3)16-11-13(19(27)26-7-9-32(29,30)10-8-26)18(31-16)25-20(28)24-15-6-4-5-14-17(15)23-12-22-14/h4-6,11-12H,7-10H2,1-3H3,(H,22,23)(H2,24,25,28). The normalized spacial score (nSPS) is 16.2. The Morgan fingerprint density at radius 2 is 1.88 bits per heavy atom. The van der Waals surface area contributed by atoms with Crippen LogP contribution in [0.5, 0.6) is 0 Å². The Bertz CT molecular complexity index is 1270. The van der Waals surface area contributed by atoms with Gasteiger partial charge >= 0.3 is 6.03 Å². The number of imidazole rings is 1. The van der Waals surface area contributed by atoms with E-state index in [1.807, 2.05) is 26.8 Å². The fraction of sp³-hybridized carbons (Fsp3) is 0.381. The number of sulfone groups is 1. The van der Waals surface area contributed by atoms with Crippen molar-refractivity contribution < 1.29 is 18.0 Å². The average molecular weight is 476 g/mol. The summed E-state index contributed by atoms with van der Waals surface area (Å²) in [6.45, 7) is 6.39. The molecule has 3 heterocycles. The van der Waals surface area contributed by atoms with Crippen LogP contribution in [0.4, 0.5) is 15.5 Å². The Morgan fingerprint density at radius 1 is 1.16 bits per heavy atom. The molecule has 11 heteroatoms. The SMILES string of the molecule is CC(C)(C)c1cc(C(=O)N2CCS(=O)(=O)CC2)c(NC(=O)Nc2cccc3[nH]cnc23)s1. The second kappa shape index (κ2) is 8.21. The van der Waals surface area contributed by atoms with Crippen LogP contribution in [0.1, 0.15) is 36.0 Å². The third-order valence-corrected chi connectivity index (χ3v) is 8.34. The number of para-hydroxylation sites is 1. The van der Waals surface area contributed by atoms with E-state index in [0.29, 0.717) is 21.8 Å². The Balaban J connectivity index is 1.58. The second-order valence-electron chi connectivity index (χ2n) is 8.73. The van der Waals surface area contributed by atoms with Gasteiger partial charge in [0.2, 0.25) is 0 Å². The Hall–Kier alpha value is -2.92. The molecular weight excluding hydrogens is 450 g/mol. The van der Waals surface area contributed by atoms with Crippen LogP contribution in [-0.2, 0) is 15.3 Å². The quantitative estimate of drug-likeness (QED) is 0.535. The zero-order chi connectivity index (χ0) is 23.1. The molecule has 1 saturated heterocycles. The number of hydrogen-bond donors (Lipinski definition) is 3. The van der Waals surface area contributed by atoms with Crippen LogP contribution in [0.2, 0.25) is 0 Å². The molecule has 0 saturated carbocycles. The first-order chi connectivity index (χ1) is 15.0. The first kappa shape index (κ1) is 22.3. The lowest BCUT2D eigenvalue weighted by molar-refractivity contribution is 0.0771. The van der Waals surface area contributed by atoms with Crippen LogP contribution < -0.4 is 10.6 Å². The van der Waals surface area contributed by atoms with Crippen molar-refractivity contribution >= 4 is 54.8 Å². The zero-order valence-corrected chi connectivity index (χ0v) is 19.7. The number of anilines is 2. The van der Waals surface area contributed by atoms with Crippen molar-refractivity contribution in [3.05, 3.63) is 41.0 Å². The van der Waals surface area contributed by atoms with Gasteiger partial charge in [-0.2, -0.15) is 0 Å². The lowest BCUT2D eigenvalue weighted by Gasteiger charge is -2.26. The van der Waals surface area contributed by atoms with Crippen LogP contribution in [0.25, 0.3) is 11.0 Å². The highest BCUT2D eigenvalue weighted by molar-refractivity contribution is 7.91. The van der Waals surface area contributed by atoms with Crippen molar-refractivity contribution in [3.63, 3.8) is 0 Å². The van der Waals surface area contributed by atoms with Crippen LogP contribution >= 0.6 is 11.3 Å². The topological polar surface area (TPSA) is 124 Å². The summed E-state index contributed by atoms with van der Waals surface area (Å²) in [6.07, 6.45) is 1.55. The van der Waals surface area contributed by atoms with E-state index in [9.17, 15) is 18.0 Å². The highest BCUT2D eigenvalue weighted by Crippen LogP contribution is 2.37. The van der Waals surface area contributed by atoms with Crippen LogP contribution in [0.15, 0.2) is 30.6 Å². The molecule has 0 spiro atoms. The molecule has 3 N–H and O–H groups in total. The molecule has 4 rings (SSSR count). The van der Waals surface area contributed by atoms with Gasteiger partial charge in [0.25, 0.3) is 5.91 Å². The third kappa shape index (κ3) is 4.63. The summed E-state index contributed by atoms with van der Waals surface area (Å²) in [4.78, 5) is 35.7. The van der Waals surface area contributed by atoms with Crippen molar-refractivity contribution in [3.8, 4) is 0 Å². The van der Waals surface area contributed by atoms with Crippen LogP contribution in [0.3, 0.4) is 0 Å². The number of hydrogen-bond acceptors (Lipinski definition) is 6. The number of nitrogens with zero attached hydrogens (tertiary/aromatic N) is 2. The molecule has 0 unspecified atom stereocenters. The Morgan fingerprint density at radius 3 is 2.56 bits per heavy atom. The Kier molecular flexibility index (Phi) is 5.72. The maximum atomic E-state index is 13.2. The molecular formula is C21H25N5O4S2. The van der Waals surface area contributed by atoms with E-state index in [4.69, 9.17) is 0 Å². The van der Waals surface area contributed by atoms with Gasteiger partial charge in [-0.1, -0.05) is 26.8 Å². The molecule has 3 aromatic rings. The number of thiophene rings is 1. The van der Waals surface area contributed by atoms with E-state index in [1.165, 1.54) is 16.2 Å². The van der Waals surface area contributed by atoms with E-state index in [2.05, 4.69) is 20.6 Å². The fourth-order valence-corrected chi connectivity index (χ4v) is 5.73. The predicted octanol–water partition coefficient (Wildman–Crippen LogP) is 3.44. The molecule has 1 fully saturated rings. The van der Waals surface area contributed by atoms with Crippen LogP contribution in [-0.4, -0.2) is 59.8 Å². The summed E-state index contributed by atoms with van der Waals surface area (Å²) in [5.74, 6) is -0.381. The summed E-state index contributed by atoms with van der Waals surface area (Å²) in [5.41, 5.74) is 2.12. The number of carbonyl (C=O) groups excluding carboxylic acids is 2. The largest absolute Gasteiger partial charge is 0.345 e. The van der Waals surface area contributed by atoms with Gasteiger partial charge in [0.05, 0.1) is 34.6 Å². The molecule has 0 aliphatic carbocycles. The molecule has 0 atom stereocenters. The van der Waals surface area contributed by atoms with Gasteiger partial charge in [-0.25, -0.2) is 18.2 Å². The van der Waals surface area contributed by atoms with Crippen molar-refractivity contribution in [2.24, 2.45) is 0 Å². The number of rotatable bonds is 3. The zero-order valence-electron chi connectivity index (χ0n) is 18.1. The smallest absolute Gasteiger partial charge is 0.324 e. The van der Waals surface area contributed by atoms with E-state index in [0.717, 1.165) is 10.4 Å². The molecule has 0 radical (unpaired) electrons. The van der Waals surface area contributed by atoms with Crippen molar-refractivity contribution in [1.82, 2.24) is 14.9 Å². The van der Waals surface area contributed by atoms with Crippen LogP contribution in [0, 0.1) is 0 Å². The minimum absolute atomic E-state index is 0.0497. The summed E-state index contributed by atoms with van der Waals surface area (Å²) >= 11 is 1.34. The van der Waals surface area contributed by atoms with Crippen molar-refractivity contribution in [2.45, 2.75) is 26.2 Å². The number of aromatic nitrogens is 2. The number of benzene rings is 1. The van der Waals surface area contributed by atoms with Gasteiger partial charge < -0.3 is 15.2 Å². The summed E-state index contributed by atoms with van der Waals surface area (Å²) in [7, 11) is -3.11. The molecule has 1 aliphatic heterocycles. The highest BCUT2D eigenvalue weighted by Gasteiger charge is 2.30. The highest BCUT2D eigenvalue weighted by atomic mass is 32.2. The molecule has 0 bridgehead atoms. The number of carbonyl (C=O) groups is 2. The summed E-state index contributed by atoms with van der Waals surface area (Å²) in [5, 5.41) is 6.03. The second-order valence-corrected chi connectivity index (χ2v) is 12.1. The molecule has 32 heavy (non-hydrogen) atoms. The van der Waals surface area contributed by atoms with Gasteiger partial charge in [-0.3, -0.25) is 10.1 Å². The minimum atomic E-state index is -3.11. The molecule has 2 aromatic heterocycles. The minimum Gasteiger partial charge on any atom is -0.345 e. The predicted molar refractivity (Wildman–Crippen MR) is 126 cm³/mol. The number of nitrogens with one attached hydrogen (secondary N) is 3. The molecule has 3 amide bonds. The van der Waals surface area contributed by atoms with Crippen molar-refractivity contribution in [2.75, 3.05) is 35.2 Å². The first-order valence-electron chi connectivity index (χ1n) is 10.2. The number of H-pyrrole nitrogens is 1. The number of urea groups is 1. The molecule has 1 aliphatic rings. The van der Waals surface area contributed by atoms with Gasteiger partial charge in [-0.05, 0) is 23.6 Å². The van der Waals surface area contributed by atoms with Gasteiger partial charge in [0, 0.05) is 18.0 Å². The lowest BCUT2D eigenvalue weighted by atomic mass is 9.94. The van der Waals surface area contributed by atoms with E-state index in [1.54, 1.807) is 24.5 Å². The Labute approximate surface area is 190 Å². The van der Waals surface area contributed by atoms with Crippen molar-refractivity contribution in [1.29, 1.82) is 0 Å². The lowest BCUT2D eigenvalue weighted by Crippen LogP contribution is -2.43. The monoisotopic (exact) mass is 475 g/mol. The number of amides is 3. The number of fused-ring (bicyclic) bond motifs is 1. The summed E-state index contributed by atoms with van der Waals surface area (Å²) < 4.78 is 23.5. The maximum absolute atomic E-state index is 13.2. The molecule has 9 nitrogen and oxygen atoms in total. The molecule has 1 aromatic carbocycles. The van der Waals surface area contributed by atoms with Gasteiger partial charge in [0.1, 0.15) is 10.5 Å². The first-order valence-corrected chi connectivity index (χ1v) is 12.8. The van der Waals surface area contributed by atoms with E-state index < -0.39 is 15.9 Å². The van der Waals surface area contributed by atoms with Gasteiger partial charge in [-0.15, -0.1) is 11.3 Å². The summed E-state index contributed by atoms with van der Waals surface area (Å²) in [6, 6.07) is 6.71. The van der Waals surface area contributed by atoms with E-state index >= 15 is 0 Å². The number of aromatic amines is 1. The molecule has 170 valence electrons. The van der Waals surface area contributed by atoms with E-state index in [-0.39, 0.29) is 35.9 Å². The average Bonchev–Trinajstić information content (AvgIpc) is 3.35. The van der Waals surface area contributed by atoms with Gasteiger partial charge in [0.15, 0.2) is 9.84 Å². The fourth-order valence-electron chi connectivity index (χ4n) is 3.42. The maximum Gasteiger partial charge on any atom is 0.324 e.